The molecule has 1 rings (SSSR count). The van der Waals surface area contributed by atoms with E-state index in [0.29, 0.717) is 0 Å². The first kappa shape index (κ1) is 16.2. The fourth-order valence-corrected chi connectivity index (χ4v) is 1.77. The summed E-state index contributed by atoms with van der Waals surface area (Å²) in [5, 5.41) is 16.1. The van der Waals surface area contributed by atoms with Crippen LogP contribution in [0.15, 0.2) is 10.2 Å². The molecule has 9 heteroatoms. The largest absolute Gasteiger partial charge is 0.464 e. The molecule has 0 fully saturated rings. The van der Waals surface area contributed by atoms with E-state index in [0.717, 1.165) is 11.4 Å². The molecule has 0 aromatic carbocycles. The molecule has 0 bridgehead atoms. The van der Waals surface area contributed by atoms with Crippen LogP contribution in [-0.2, 0) is 25.5 Å². The molecule has 0 amide bonds. The summed E-state index contributed by atoms with van der Waals surface area (Å²) in [6.45, 7) is 5.48. The highest BCUT2D eigenvalue weighted by atomic mass is 32.1. The monoisotopic (exact) mass is 300 g/mol. The second-order valence-electron chi connectivity index (χ2n) is 3.45. The highest BCUT2D eigenvalue weighted by Gasteiger charge is 2.29. The predicted molar refractivity (Wildman–Crippen MR) is 70.9 cm³/mol. The van der Waals surface area contributed by atoms with Gasteiger partial charge in [-0.3, -0.25) is 0 Å². The van der Waals surface area contributed by atoms with Crippen LogP contribution in [0, 0.1) is 0 Å². The maximum Gasteiger partial charge on any atom is 0.344 e. The van der Waals surface area contributed by atoms with Crippen molar-refractivity contribution in [3.05, 3.63) is 5.01 Å². The van der Waals surface area contributed by atoms with Crippen molar-refractivity contribution in [2.45, 2.75) is 33.2 Å². The van der Waals surface area contributed by atoms with Crippen LogP contribution < -0.4 is 0 Å². The first-order chi connectivity index (χ1) is 9.62. The molecule has 1 heterocycles. The van der Waals surface area contributed by atoms with Crippen molar-refractivity contribution in [3.8, 4) is 0 Å². The molecule has 0 saturated carbocycles. The lowest BCUT2D eigenvalue weighted by molar-refractivity contribution is -0.156. The Morgan fingerprint density at radius 3 is 2.20 bits per heavy atom. The van der Waals surface area contributed by atoms with Crippen LogP contribution in [0.4, 0.5) is 5.13 Å². The normalized spacial score (nSPS) is 11.0. The second-order valence-corrected chi connectivity index (χ2v) is 4.49. The Bertz CT molecular complexity index is 471. The fourth-order valence-electron chi connectivity index (χ4n) is 1.17. The predicted octanol–water partition coefficient (Wildman–Crippen LogP) is 1.68. The molecule has 0 atom stereocenters. The summed E-state index contributed by atoms with van der Waals surface area (Å²) in [7, 11) is 0. The molecule has 0 aliphatic carbocycles. The Hall–Kier alpha value is -1.90. The van der Waals surface area contributed by atoms with Gasteiger partial charge in [0.2, 0.25) is 0 Å². The van der Waals surface area contributed by atoms with E-state index in [9.17, 15) is 9.59 Å². The molecule has 0 spiro atoms. The topological polar surface area (TPSA) is 103 Å². The van der Waals surface area contributed by atoms with Crippen LogP contribution in [0.25, 0.3) is 0 Å². The van der Waals surface area contributed by atoms with Crippen molar-refractivity contribution in [1.82, 2.24) is 10.2 Å². The van der Waals surface area contributed by atoms with Gasteiger partial charge in [-0.1, -0.05) is 18.3 Å². The number of rotatable bonds is 7. The molecule has 0 aliphatic rings. The lowest BCUT2D eigenvalue weighted by Crippen LogP contribution is -2.31. The van der Waals surface area contributed by atoms with E-state index in [1.807, 2.05) is 6.92 Å². The van der Waals surface area contributed by atoms with Crippen LogP contribution >= 0.6 is 11.3 Å². The van der Waals surface area contributed by atoms with Gasteiger partial charge in [-0.05, 0) is 20.3 Å². The van der Waals surface area contributed by atoms with Gasteiger partial charge in [0.25, 0.3) is 11.2 Å². The number of ether oxygens (including phenoxy) is 2. The Labute approximate surface area is 120 Å². The fraction of sp³-hybridized carbons (Fsp3) is 0.636. The number of carbonyl (C=O) groups excluding carboxylic acids is 2. The van der Waals surface area contributed by atoms with E-state index in [1.54, 1.807) is 13.8 Å². The molecule has 0 unspecified atom stereocenters. The number of carbonyl (C=O) groups is 2. The SMILES string of the molecule is CCOC(=O)C(N=Nc1nnc(CC)s1)C(=O)OCC. The van der Waals surface area contributed by atoms with Crippen LogP contribution in [0.1, 0.15) is 25.8 Å². The van der Waals surface area contributed by atoms with Crippen LogP contribution in [0.2, 0.25) is 0 Å². The zero-order chi connectivity index (χ0) is 15.0. The van der Waals surface area contributed by atoms with Gasteiger partial charge in [0.15, 0.2) is 0 Å². The van der Waals surface area contributed by atoms with Crippen molar-refractivity contribution in [2.75, 3.05) is 13.2 Å². The van der Waals surface area contributed by atoms with E-state index in [-0.39, 0.29) is 18.3 Å². The van der Waals surface area contributed by atoms with Gasteiger partial charge in [0.1, 0.15) is 5.01 Å². The van der Waals surface area contributed by atoms with E-state index in [1.165, 1.54) is 11.3 Å². The van der Waals surface area contributed by atoms with Gasteiger partial charge >= 0.3 is 11.9 Å². The van der Waals surface area contributed by atoms with Gasteiger partial charge in [0, 0.05) is 0 Å². The molecule has 20 heavy (non-hydrogen) atoms. The van der Waals surface area contributed by atoms with Gasteiger partial charge < -0.3 is 9.47 Å². The molecule has 110 valence electrons. The molecule has 8 nitrogen and oxygen atoms in total. The van der Waals surface area contributed by atoms with Gasteiger partial charge in [-0.15, -0.1) is 15.3 Å². The highest BCUT2D eigenvalue weighted by Crippen LogP contribution is 2.19. The molecule has 1 aromatic heterocycles. The van der Waals surface area contributed by atoms with Crippen molar-refractivity contribution in [1.29, 1.82) is 0 Å². The average molecular weight is 300 g/mol. The van der Waals surface area contributed by atoms with E-state index < -0.39 is 18.0 Å². The maximum atomic E-state index is 11.6. The van der Waals surface area contributed by atoms with E-state index in [2.05, 4.69) is 20.4 Å². The lowest BCUT2D eigenvalue weighted by atomic mass is 10.3. The summed E-state index contributed by atoms with van der Waals surface area (Å²) in [6.07, 6.45) is 0.729. The Morgan fingerprint density at radius 1 is 1.15 bits per heavy atom. The van der Waals surface area contributed by atoms with Gasteiger partial charge in [0.05, 0.1) is 13.2 Å². The molecule has 0 N–H and O–H groups in total. The maximum absolute atomic E-state index is 11.6. The number of hydrogen-bond donors (Lipinski definition) is 0. The Morgan fingerprint density at radius 2 is 1.75 bits per heavy atom. The minimum atomic E-state index is -1.43. The molecule has 0 saturated heterocycles. The number of aryl methyl sites for hydroxylation is 1. The van der Waals surface area contributed by atoms with Crippen LogP contribution in [0.5, 0.6) is 0 Å². The van der Waals surface area contributed by atoms with Crippen molar-refractivity contribution in [3.63, 3.8) is 0 Å². The quantitative estimate of drug-likeness (QED) is 0.431. The summed E-state index contributed by atoms with van der Waals surface area (Å²) in [5.74, 6) is -1.59. The molecule has 0 radical (unpaired) electrons. The third kappa shape index (κ3) is 4.65. The molecular formula is C11H16N4O4S. The zero-order valence-corrected chi connectivity index (χ0v) is 12.3. The van der Waals surface area contributed by atoms with Crippen LogP contribution in [-0.4, -0.2) is 41.4 Å². The first-order valence-corrected chi connectivity index (χ1v) is 7.00. The van der Waals surface area contributed by atoms with Crippen molar-refractivity contribution >= 4 is 28.4 Å². The first-order valence-electron chi connectivity index (χ1n) is 6.18. The molecule has 0 aliphatic heterocycles. The third-order valence-electron chi connectivity index (χ3n) is 2.04. The van der Waals surface area contributed by atoms with Gasteiger partial charge in [-0.2, -0.15) is 5.11 Å². The van der Waals surface area contributed by atoms with Crippen LogP contribution in [0.3, 0.4) is 0 Å². The Kier molecular flexibility index (Phi) is 6.71. The number of azo groups is 1. The summed E-state index contributed by atoms with van der Waals surface area (Å²) >= 11 is 1.24. The van der Waals surface area contributed by atoms with Crippen molar-refractivity contribution in [2.24, 2.45) is 10.2 Å². The molecular weight excluding hydrogens is 284 g/mol. The average Bonchev–Trinajstić information content (AvgIpc) is 2.87. The number of nitrogens with zero attached hydrogens (tertiary/aromatic N) is 4. The highest BCUT2D eigenvalue weighted by molar-refractivity contribution is 7.14. The lowest BCUT2D eigenvalue weighted by Gasteiger charge is -2.08. The number of hydrogen-bond acceptors (Lipinski definition) is 9. The molecule has 1 aromatic rings. The number of esters is 2. The number of aromatic nitrogens is 2. The van der Waals surface area contributed by atoms with Gasteiger partial charge in [-0.25, -0.2) is 9.59 Å². The summed E-state index contributed by atoms with van der Waals surface area (Å²) in [5.41, 5.74) is 0. The Balaban J connectivity index is 2.82. The summed E-state index contributed by atoms with van der Waals surface area (Å²) in [6, 6.07) is -1.43. The summed E-state index contributed by atoms with van der Waals surface area (Å²) in [4.78, 5) is 23.3. The minimum absolute atomic E-state index is 0.142. The minimum Gasteiger partial charge on any atom is -0.464 e. The van der Waals surface area contributed by atoms with Crippen molar-refractivity contribution < 1.29 is 19.1 Å². The second kappa shape index (κ2) is 8.31. The van der Waals surface area contributed by atoms with E-state index in [4.69, 9.17) is 9.47 Å². The van der Waals surface area contributed by atoms with E-state index >= 15 is 0 Å². The smallest absolute Gasteiger partial charge is 0.344 e. The summed E-state index contributed by atoms with van der Waals surface area (Å²) < 4.78 is 9.52. The zero-order valence-electron chi connectivity index (χ0n) is 11.5. The third-order valence-corrected chi connectivity index (χ3v) is 2.99. The standard InChI is InChI=1S/C11H16N4O4S/c1-4-7-12-14-11(20-7)15-13-8(9(16)18-5-2)10(17)19-6-3/h8H,4-6H2,1-3H3.